The highest BCUT2D eigenvalue weighted by atomic mass is 16.5. The highest BCUT2D eigenvalue weighted by Gasteiger charge is 2.24. The van der Waals surface area contributed by atoms with Crippen LogP contribution in [0.4, 0.5) is 5.69 Å². The zero-order valence-corrected chi connectivity index (χ0v) is 12.4. The Bertz CT molecular complexity index is 422. The van der Waals surface area contributed by atoms with Crippen LogP contribution in [0.2, 0.25) is 0 Å². The molecule has 0 radical (unpaired) electrons. The Morgan fingerprint density at radius 1 is 1.20 bits per heavy atom. The maximum Gasteiger partial charge on any atom is 0.146 e. The first-order valence-corrected chi connectivity index (χ1v) is 7.45. The summed E-state index contributed by atoms with van der Waals surface area (Å²) < 4.78 is 17.1. The number of hydrogen-bond acceptors (Lipinski definition) is 4. The van der Waals surface area contributed by atoms with Crippen molar-refractivity contribution in [3.63, 3.8) is 0 Å². The molecule has 112 valence electrons. The average molecular weight is 279 g/mol. The molecule has 1 saturated carbocycles. The van der Waals surface area contributed by atoms with E-state index < -0.39 is 0 Å². The Labute approximate surface area is 121 Å². The summed E-state index contributed by atoms with van der Waals surface area (Å²) in [6, 6.07) is 5.72. The van der Waals surface area contributed by atoms with Gasteiger partial charge in [-0.05, 0) is 37.8 Å². The molecule has 0 heterocycles. The number of nitrogen functional groups attached to an aromatic ring is 1. The van der Waals surface area contributed by atoms with Crippen LogP contribution in [0, 0.1) is 0 Å². The molecule has 1 aliphatic carbocycles. The molecule has 2 atom stereocenters. The normalized spacial score (nSPS) is 22.5. The summed E-state index contributed by atoms with van der Waals surface area (Å²) in [6.45, 7) is 2.74. The molecule has 2 N–H and O–H groups in total. The number of benzene rings is 1. The third-order valence-corrected chi connectivity index (χ3v) is 3.69. The Kier molecular flexibility index (Phi) is 5.53. The molecule has 0 spiro atoms. The second-order valence-electron chi connectivity index (χ2n) is 5.28. The van der Waals surface area contributed by atoms with Gasteiger partial charge >= 0.3 is 0 Å². The highest BCUT2D eigenvalue weighted by Crippen LogP contribution is 2.34. The second kappa shape index (κ2) is 7.39. The van der Waals surface area contributed by atoms with Crippen LogP contribution in [0.3, 0.4) is 0 Å². The van der Waals surface area contributed by atoms with E-state index in [1.54, 1.807) is 7.11 Å². The number of hydrogen-bond donors (Lipinski definition) is 1. The van der Waals surface area contributed by atoms with Gasteiger partial charge in [0, 0.05) is 13.5 Å². The molecular formula is C16H25NO3. The maximum absolute atomic E-state index is 6.13. The minimum atomic E-state index is 0.178. The Morgan fingerprint density at radius 3 is 2.70 bits per heavy atom. The van der Waals surface area contributed by atoms with E-state index in [0.29, 0.717) is 24.1 Å². The quantitative estimate of drug-likeness (QED) is 0.811. The van der Waals surface area contributed by atoms with E-state index >= 15 is 0 Å². The molecule has 0 amide bonds. The van der Waals surface area contributed by atoms with E-state index in [9.17, 15) is 0 Å². The molecule has 20 heavy (non-hydrogen) atoms. The van der Waals surface area contributed by atoms with Gasteiger partial charge in [-0.25, -0.2) is 0 Å². The molecule has 4 nitrogen and oxygen atoms in total. The zero-order valence-electron chi connectivity index (χ0n) is 12.4. The molecule has 0 aliphatic heterocycles. The van der Waals surface area contributed by atoms with Gasteiger partial charge in [0.2, 0.25) is 0 Å². The van der Waals surface area contributed by atoms with E-state index in [-0.39, 0.29) is 6.10 Å². The van der Waals surface area contributed by atoms with Gasteiger partial charge in [0.25, 0.3) is 0 Å². The minimum absolute atomic E-state index is 0.178. The van der Waals surface area contributed by atoms with E-state index in [4.69, 9.17) is 19.9 Å². The van der Waals surface area contributed by atoms with Gasteiger partial charge in [0.15, 0.2) is 0 Å². The fourth-order valence-corrected chi connectivity index (χ4v) is 2.57. The Balaban J connectivity index is 2.01. The van der Waals surface area contributed by atoms with Gasteiger partial charge in [-0.1, -0.05) is 13.0 Å². The first kappa shape index (κ1) is 15.0. The predicted octanol–water partition coefficient (Wildman–Crippen LogP) is 3.39. The second-order valence-corrected chi connectivity index (χ2v) is 5.28. The third-order valence-electron chi connectivity index (χ3n) is 3.69. The smallest absolute Gasteiger partial charge is 0.146 e. The van der Waals surface area contributed by atoms with Crippen molar-refractivity contribution in [3.05, 3.63) is 18.2 Å². The van der Waals surface area contributed by atoms with Crippen molar-refractivity contribution in [2.24, 2.45) is 0 Å². The van der Waals surface area contributed by atoms with Crippen molar-refractivity contribution < 1.29 is 14.2 Å². The highest BCUT2D eigenvalue weighted by molar-refractivity contribution is 5.62. The topological polar surface area (TPSA) is 53.7 Å². The molecular weight excluding hydrogens is 254 g/mol. The van der Waals surface area contributed by atoms with E-state index in [1.807, 2.05) is 18.2 Å². The summed E-state index contributed by atoms with van der Waals surface area (Å²) in [5.41, 5.74) is 6.72. The van der Waals surface area contributed by atoms with Crippen LogP contribution in [-0.2, 0) is 4.74 Å². The molecule has 1 aromatic rings. The fraction of sp³-hybridized carbons (Fsp3) is 0.625. The van der Waals surface area contributed by atoms with Crippen molar-refractivity contribution in [1.29, 1.82) is 0 Å². The molecule has 0 saturated heterocycles. The maximum atomic E-state index is 6.13. The predicted molar refractivity (Wildman–Crippen MR) is 80.3 cm³/mol. The number of nitrogens with two attached hydrogens (primary N) is 1. The van der Waals surface area contributed by atoms with E-state index in [1.165, 1.54) is 0 Å². The Hall–Kier alpha value is -1.42. The Morgan fingerprint density at radius 2 is 1.95 bits per heavy atom. The summed E-state index contributed by atoms with van der Waals surface area (Å²) in [7, 11) is 1.76. The largest absolute Gasteiger partial charge is 0.491 e. The van der Waals surface area contributed by atoms with E-state index in [2.05, 4.69) is 6.92 Å². The minimum Gasteiger partial charge on any atom is -0.491 e. The summed E-state index contributed by atoms with van der Waals surface area (Å²) in [5.74, 6) is 1.43. The first-order valence-electron chi connectivity index (χ1n) is 7.45. The molecule has 2 rings (SSSR count). The van der Waals surface area contributed by atoms with Crippen LogP contribution in [0.25, 0.3) is 0 Å². The van der Waals surface area contributed by atoms with E-state index in [0.717, 1.165) is 37.9 Å². The van der Waals surface area contributed by atoms with Crippen LogP contribution < -0.4 is 15.2 Å². The molecule has 2 unspecified atom stereocenters. The SMILES string of the molecule is CCCOc1cccc(OC2CCCC(OC)C2)c1N. The van der Waals surface area contributed by atoms with Crippen molar-refractivity contribution in [1.82, 2.24) is 0 Å². The number of ether oxygens (including phenoxy) is 3. The standard InChI is InChI=1S/C16H25NO3/c1-3-10-19-14-8-5-9-15(16(14)17)20-13-7-4-6-12(11-13)18-2/h5,8-9,12-13H,3-4,6-7,10-11,17H2,1-2H3. The van der Waals surface area contributed by atoms with Crippen molar-refractivity contribution in [3.8, 4) is 11.5 Å². The lowest BCUT2D eigenvalue weighted by Crippen LogP contribution is -2.29. The van der Waals surface area contributed by atoms with Crippen LogP contribution in [-0.4, -0.2) is 25.9 Å². The van der Waals surface area contributed by atoms with Crippen LogP contribution >= 0.6 is 0 Å². The molecule has 1 aromatic carbocycles. The van der Waals surface area contributed by atoms with Crippen molar-refractivity contribution >= 4 is 5.69 Å². The lowest BCUT2D eigenvalue weighted by atomic mass is 9.95. The van der Waals surface area contributed by atoms with Crippen molar-refractivity contribution in [2.45, 2.75) is 51.2 Å². The number of anilines is 1. The summed E-state index contributed by atoms with van der Waals surface area (Å²) in [4.78, 5) is 0. The summed E-state index contributed by atoms with van der Waals surface area (Å²) >= 11 is 0. The van der Waals surface area contributed by atoms with Crippen molar-refractivity contribution in [2.75, 3.05) is 19.5 Å². The van der Waals surface area contributed by atoms with Gasteiger partial charge in [-0.2, -0.15) is 0 Å². The zero-order chi connectivity index (χ0) is 14.4. The van der Waals surface area contributed by atoms with Gasteiger partial charge in [0.05, 0.1) is 12.7 Å². The summed E-state index contributed by atoms with van der Waals surface area (Å²) in [5, 5.41) is 0. The van der Waals surface area contributed by atoms with Gasteiger partial charge < -0.3 is 19.9 Å². The number of methoxy groups -OCH3 is 1. The monoisotopic (exact) mass is 279 g/mol. The van der Waals surface area contributed by atoms with Crippen LogP contribution in [0.5, 0.6) is 11.5 Å². The first-order chi connectivity index (χ1) is 9.74. The molecule has 0 bridgehead atoms. The molecule has 1 aliphatic rings. The lowest BCUT2D eigenvalue weighted by Gasteiger charge is -2.29. The third kappa shape index (κ3) is 3.79. The fourth-order valence-electron chi connectivity index (χ4n) is 2.57. The number of rotatable bonds is 6. The van der Waals surface area contributed by atoms with Gasteiger partial charge in [0.1, 0.15) is 23.3 Å². The van der Waals surface area contributed by atoms with Gasteiger partial charge in [-0.15, -0.1) is 0 Å². The average Bonchev–Trinajstić information content (AvgIpc) is 2.48. The lowest BCUT2D eigenvalue weighted by molar-refractivity contribution is 0.0211. The van der Waals surface area contributed by atoms with Crippen LogP contribution in [0.15, 0.2) is 18.2 Å². The molecule has 1 fully saturated rings. The molecule has 4 heteroatoms. The van der Waals surface area contributed by atoms with Gasteiger partial charge in [-0.3, -0.25) is 0 Å². The van der Waals surface area contributed by atoms with Crippen LogP contribution in [0.1, 0.15) is 39.0 Å². The number of para-hydroxylation sites is 1. The molecule has 0 aromatic heterocycles. The summed E-state index contributed by atoms with van der Waals surface area (Å²) in [6.07, 6.45) is 5.67.